The number of carboxylic acid groups (broad SMARTS) is 1. The van der Waals surface area contributed by atoms with Crippen LogP contribution in [0.15, 0.2) is 109 Å². The van der Waals surface area contributed by atoms with E-state index in [0.29, 0.717) is 29.2 Å². The number of aliphatic carboxylic acids is 1. The minimum atomic E-state index is -2.21. The molecule has 7 aromatic carbocycles. The lowest BCUT2D eigenvalue weighted by atomic mass is 9.54. The van der Waals surface area contributed by atoms with Gasteiger partial charge in [-0.2, -0.15) is 0 Å². The number of phenolic OH excluding ortho intramolecular Hbond substituents is 6. The van der Waals surface area contributed by atoms with Crippen LogP contribution < -0.4 is 57.2 Å². The number of ether oxygens (including phenoxy) is 3. The van der Waals surface area contributed by atoms with E-state index in [2.05, 4.69) is 37.2 Å². The fraction of sp³-hybridized carbons (Fsp3) is 0.290. The topological polar surface area (TPSA) is 419 Å². The Morgan fingerprint density at radius 1 is 0.526 bits per heavy atom. The van der Waals surface area contributed by atoms with Gasteiger partial charge in [0.2, 0.25) is 41.2 Å². The van der Waals surface area contributed by atoms with E-state index in [1.165, 1.54) is 67.1 Å². The molecule has 10 aliphatic rings. The van der Waals surface area contributed by atoms with Crippen molar-refractivity contribution in [3.63, 3.8) is 0 Å². The first-order chi connectivity index (χ1) is 46.4. The molecule has 7 aromatic rings. The summed E-state index contributed by atoms with van der Waals surface area (Å²) in [6, 6.07) is 7.86. The molecule has 4 saturated carbocycles. The van der Waals surface area contributed by atoms with E-state index in [0.717, 1.165) is 74.2 Å². The molecule has 0 unspecified atom stereocenters. The zero-order chi connectivity index (χ0) is 68.2. The summed E-state index contributed by atoms with van der Waals surface area (Å²) < 4.78 is 18.6. The Hall–Kier alpha value is -10.5. The molecule has 0 radical (unpaired) electrons. The Labute approximate surface area is 560 Å². The van der Waals surface area contributed by atoms with Gasteiger partial charge in [0.05, 0.1) is 15.6 Å². The predicted octanol–water partition coefficient (Wildman–Crippen LogP) is 6.90. The van der Waals surface area contributed by atoms with Crippen molar-refractivity contribution in [3.8, 4) is 80.1 Å². The minimum Gasteiger partial charge on any atom is -0.508 e. The first-order valence-corrected chi connectivity index (χ1v) is 31.9. The number of carbonyl (C=O) groups excluding carboxylic acids is 6. The van der Waals surface area contributed by atoms with Crippen LogP contribution in [0.25, 0.3) is 11.1 Å². The summed E-state index contributed by atoms with van der Waals surface area (Å²) in [4.78, 5) is 105. The smallest absolute Gasteiger partial charge is 0.330 e. The predicted molar refractivity (Wildman–Crippen MR) is 343 cm³/mol. The molecule has 6 aliphatic heterocycles. The van der Waals surface area contributed by atoms with Crippen LogP contribution in [0.5, 0.6) is 69.0 Å². The average Bonchev–Trinajstić information content (AvgIpc) is 0.775. The third-order valence-corrected chi connectivity index (χ3v) is 20.1. The van der Waals surface area contributed by atoms with Gasteiger partial charge in [-0.15, -0.1) is 0 Å². The number of carbonyl (C=O) groups is 7. The summed E-state index contributed by atoms with van der Waals surface area (Å²) in [7, 11) is 0. The van der Waals surface area contributed by atoms with Crippen molar-refractivity contribution in [3.05, 3.63) is 164 Å². The van der Waals surface area contributed by atoms with E-state index >= 15 is 24.0 Å². The fourth-order valence-electron chi connectivity index (χ4n) is 15.0. The second kappa shape index (κ2) is 24.9. The standard InChI is InChI=1S/C69H62Cl2N8O18/c70-41-14-26-1-7-47(41)96-50-21-35-22-51(62(50)86)97-48-8-4-31(19-42(48)71)60(84)59-68(92)78-58(69(93)94)39-24-46(83)40(25-73-54-32-10-27-9-28(12-32)13-33(54)11-27)61(85)52(39)38-18-30(3-5-44(38)81)55(65(89)79-59)76-67(91)57(35)77-66(90)56-34-16-36(80)23-37(17-34)95-49-20-29(2-6-45(49)82)53(72)64(88)74-43(15-26)63(87)75-56/h1-8,14,16-24,27-28,32-33,43,53-60,73,80-86H,9-13,15,25,72H2,(H,74,88)(H,75,87)(H,76,91)(H,77,90)(H,78,92)(H,79,89)(H,93,94)/t27?,28?,32?,33?,43-,53+,54?,55-,56+,57-,58+,59+,60-/m1/s1. The molecule has 4 fully saturated rings. The van der Waals surface area contributed by atoms with Gasteiger partial charge >= 0.3 is 5.97 Å². The second-order valence-electron chi connectivity index (χ2n) is 25.7. The van der Waals surface area contributed by atoms with Crippen LogP contribution in [0, 0.1) is 23.7 Å². The number of benzene rings is 7. The van der Waals surface area contributed by atoms with Crippen molar-refractivity contribution in [1.82, 2.24) is 37.2 Å². The maximum absolute atomic E-state index is 16.0. The first-order valence-electron chi connectivity index (χ1n) is 31.2. The molecule has 0 aromatic heterocycles. The summed E-state index contributed by atoms with van der Waals surface area (Å²) in [5.41, 5.74) is 4.54. The highest BCUT2D eigenvalue weighted by Crippen LogP contribution is 2.55. The number of amides is 6. The lowest BCUT2D eigenvalue weighted by Crippen LogP contribution is -2.55. The number of fused-ring (bicyclic) bond motifs is 14. The van der Waals surface area contributed by atoms with Crippen molar-refractivity contribution >= 4 is 64.6 Å². The minimum absolute atomic E-state index is 0.0140. The average molecular weight is 1360 g/mol. The number of nitrogens with one attached hydrogen (secondary N) is 7. The van der Waals surface area contributed by atoms with E-state index < -0.39 is 147 Å². The van der Waals surface area contributed by atoms with Crippen molar-refractivity contribution in [2.24, 2.45) is 29.4 Å². The Morgan fingerprint density at radius 2 is 1.11 bits per heavy atom. The lowest BCUT2D eigenvalue weighted by molar-refractivity contribution is -0.143. The first kappa shape index (κ1) is 63.9. The molecule has 6 amide bonds. The summed E-state index contributed by atoms with van der Waals surface area (Å²) in [5.74, 6) is -12.7. The highest BCUT2D eigenvalue weighted by molar-refractivity contribution is 6.32. The molecule has 0 saturated heterocycles. The molecule has 17 N–H and O–H groups in total. The number of hydrogen-bond donors (Lipinski definition) is 16. The van der Waals surface area contributed by atoms with Gasteiger partial charge in [0.25, 0.3) is 0 Å². The maximum atomic E-state index is 16.0. The van der Waals surface area contributed by atoms with Crippen LogP contribution in [0.4, 0.5) is 0 Å². The highest BCUT2D eigenvalue weighted by atomic mass is 35.5. The normalized spacial score (nSPS) is 26.5. The number of halogens is 2. The summed E-state index contributed by atoms with van der Waals surface area (Å²) in [6.45, 7) is -0.141. The zero-order valence-corrected chi connectivity index (χ0v) is 52.4. The van der Waals surface area contributed by atoms with Crippen molar-refractivity contribution < 1.29 is 88.6 Å². The fourth-order valence-corrected chi connectivity index (χ4v) is 15.4. The Bertz CT molecular complexity index is 4490. The Balaban J connectivity index is 0.947. The summed E-state index contributed by atoms with van der Waals surface area (Å²) in [5, 5.41) is 113. The quantitative estimate of drug-likeness (QED) is 0.0851. The molecule has 8 atom stereocenters. The van der Waals surface area contributed by atoms with Crippen LogP contribution in [-0.4, -0.2) is 100 Å². The molecule has 500 valence electrons. The molecule has 21 bridgehead atoms. The molecule has 97 heavy (non-hydrogen) atoms. The van der Waals surface area contributed by atoms with Gasteiger partial charge < -0.3 is 98.0 Å². The number of carboxylic acids is 1. The van der Waals surface area contributed by atoms with Gasteiger partial charge in [0.15, 0.2) is 29.0 Å². The molecule has 17 rings (SSSR count). The maximum Gasteiger partial charge on any atom is 0.330 e. The molecule has 0 spiro atoms. The number of rotatable bonds is 4. The van der Waals surface area contributed by atoms with Gasteiger partial charge in [-0.3, -0.25) is 28.8 Å². The van der Waals surface area contributed by atoms with Gasteiger partial charge in [0.1, 0.15) is 82.6 Å². The molecule has 26 nitrogen and oxygen atoms in total. The van der Waals surface area contributed by atoms with Crippen molar-refractivity contribution in [1.29, 1.82) is 0 Å². The third kappa shape index (κ3) is 12.0. The van der Waals surface area contributed by atoms with Crippen LogP contribution in [-0.2, 0) is 46.5 Å². The second-order valence-corrected chi connectivity index (χ2v) is 26.5. The van der Waals surface area contributed by atoms with E-state index in [1.807, 2.05) is 0 Å². The lowest BCUT2D eigenvalue weighted by Gasteiger charge is -2.54. The third-order valence-electron chi connectivity index (χ3n) is 19.5. The molecule has 6 heterocycles. The summed E-state index contributed by atoms with van der Waals surface area (Å²) in [6.07, 6.45) is 2.76. The summed E-state index contributed by atoms with van der Waals surface area (Å²) >= 11 is 13.8. The van der Waals surface area contributed by atoms with Gasteiger partial charge in [-0.25, -0.2) is 4.79 Å². The van der Waals surface area contributed by atoms with Gasteiger partial charge in [0, 0.05) is 41.8 Å². The Kier molecular flexibility index (Phi) is 16.4. The number of aromatic hydroxyl groups is 6. The van der Waals surface area contributed by atoms with E-state index in [4.69, 9.17) is 43.1 Å². The highest BCUT2D eigenvalue weighted by Gasteiger charge is 2.49. The van der Waals surface area contributed by atoms with Crippen LogP contribution >= 0.6 is 23.2 Å². The van der Waals surface area contributed by atoms with E-state index in [9.17, 15) is 50.4 Å². The Morgan fingerprint density at radius 3 is 1.77 bits per heavy atom. The van der Waals surface area contributed by atoms with Gasteiger partial charge in [-0.05, 0) is 168 Å². The number of phenols is 6. The number of aliphatic hydroxyl groups is 1. The van der Waals surface area contributed by atoms with Crippen molar-refractivity contribution in [2.45, 2.75) is 99.5 Å². The SMILES string of the molecule is N[C@@H]1C(=O)N[C@@H]2Cc3ccc(c(Cl)c3)Oc3cc4cc(c3O)Oc3ccc(cc3Cl)[C@@H](O)[C@@H]3NC(=O)[C@H](NC(=O)[C@@H]4NC(=O)[C@@H](NC2=O)c2cc(O)cc(c2)Oc2cc1ccc2O)c1ccc(O)c(c1)-c1c(cc(O)c(CNC2C4CC5CC(C4)CC2C5)c1O)[C@@H](C(=O)O)NC3=O. The van der Waals surface area contributed by atoms with Gasteiger partial charge in [-0.1, -0.05) is 47.5 Å². The van der Waals surface area contributed by atoms with Crippen LogP contribution in [0.2, 0.25) is 10.0 Å². The number of nitrogens with two attached hydrogens (primary N) is 1. The largest absolute Gasteiger partial charge is 0.508 e. The number of aliphatic hydroxyl groups excluding tert-OH is 1. The molecular formula is C69H62Cl2N8O18. The molecule has 28 heteroatoms. The molecular weight excluding hydrogens is 1300 g/mol. The van der Waals surface area contributed by atoms with E-state index in [1.54, 1.807) is 0 Å². The van der Waals surface area contributed by atoms with E-state index in [-0.39, 0.29) is 91.0 Å². The monoisotopic (exact) mass is 1360 g/mol. The number of hydrogen-bond acceptors (Lipinski definition) is 19. The molecule has 4 aliphatic carbocycles. The van der Waals surface area contributed by atoms with Crippen LogP contribution in [0.1, 0.15) is 113 Å². The zero-order valence-electron chi connectivity index (χ0n) is 50.8. The van der Waals surface area contributed by atoms with Crippen molar-refractivity contribution in [2.75, 3.05) is 0 Å². The van der Waals surface area contributed by atoms with Crippen LogP contribution in [0.3, 0.4) is 0 Å².